The van der Waals surface area contributed by atoms with Gasteiger partial charge in [0.25, 0.3) is 5.91 Å². The van der Waals surface area contributed by atoms with E-state index in [2.05, 4.69) is 5.32 Å². The van der Waals surface area contributed by atoms with Crippen LogP contribution in [0.2, 0.25) is 0 Å². The van der Waals surface area contributed by atoms with Gasteiger partial charge in [-0.1, -0.05) is 30.3 Å². The van der Waals surface area contributed by atoms with Gasteiger partial charge in [0.1, 0.15) is 18.2 Å². The van der Waals surface area contributed by atoms with Crippen molar-refractivity contribution in [1.82, 2.24) is 5.32 Å². The molecule has 0 aromatic heterocycles. The highest BCUT2D eigenvalue weighted by molar-refractivity contribution is 7.98. The zero-order valence-electron chi connectivity index (χ0n) is 14.9. The standard InChI is InChI=1S/C20H24FNO3S/c1-2-24-12-13-25-19-10-6-4-8-17(19)20(23)22-11-14-26-15-16-7-3-5-9-18(16)21/h3-10H,2,11-15H2,1H3,(H,22,23). The SMILES string of the molecule is CCOCCOc1ccccc1C(=O)NCCSCc1ccccc1F. The summed E-state index contributed by atoms with van der Waals surface area (Å²) in [5.74, 6) is 1.46. The molecule has 0 saturated heterocycles. The molecule has 0 atom stereocenters. The van der Waals surface area contributed by atoms with Gasteiger partial charge in [-0.2, -0.15) is 11.8 Å². The quantitative estimate of drug-likeness (QED) is 0.603. The van der Waals surface area contributed by atoms with E-state index in [0.717, 1.165) is 0 Å². The van der Waals surface area contributed by atoms with Crippen molar-refractivity contribution < 1.29 is 18.7 Å². The molecule has 6 heteroatoms. The van der Waals surface area contributed by atoms with Gasteiger partial charge in [0.05, 0.1) is 12.2 Å². The van der Waals surface area contributed by atoms with Gasteiger partial charge in [-0.05, 0) is 30.7 Å². The molecule has 0 saturated carbocycles. The summed E-state index contributed by atoms with van der Waals surface area (Å²) >= 11 is 1.58. The number of para-hydroxylation sites is 1. The fraction of sp³-hybridized carbons (Fsp3) is 0.350. The van der Waals surface area contributed by atoms with Crippen molar-refractivity contribution in [3.05, 3.63) is 65.5 Å². The van der Waals surface area contributed by atoms with Crippen LogP contribution in [-0.2, 0) is 10.5 Å². The Morgan fingerprint density at radius 1 is 1.12 bits per heavy atom. The Balaban J connectivity index is 1.74. The van der Waals surface area contributed by atoms with Crippen molar-refractivity contribution >= 4 is 17.7 Å². The van der Waals surface area contributed by atoms with E-state index in [1.54, 1.807) is 42.1 Å². The van der Waals surface area contributed by atoms with Crippen LogP contribution in [0.1, 0.15) is 22.8 Å². The topological polar surface area (TPSA) is 47.6 Å². The van der Waals surface area contributed by atoms with Gasteiger partial charge in [0.2, 0.25) is 0 Å². The minimum Gasteiger partial charge on any atom is -0.490 e. The van der Waals surface area contributed by atoms with Crippen LogP contribution < -0.4 is 10.1 Å². The Labute approximate surface area is 158 Å². The Bertz CT molecular complexity index is 696. The first-order valence-corrected chi connectivity index (χ1v) is 9.76. The normalized spacial score (nSPS) is 10.5. The van der Waals surface area contributed by atoms with Crippen molar-refractivity contribution in [2.24, 2.45) is 0 Å². The third-order valence-corrected chi connectivity index (χ3v) is 4.58. The van der Waals surface area contributed by atoms with Crippen molar-refractivity contribution in [2.45, 2.75) is 12.7 Å². The molecule has 2 aromatic carbocycles. The van der Waals surface area contributed by atoms with Crippen LogP contribution in [0.5, 0.6) is 5.75 Å². The Morgan fingerprint density at radius 3 is 2.69 bits per heavy atom. The summed E-state index contributed by atoms with van der Waals surface area (Å²) in [6.45, 7) is 3.95. The lowest BCUT2D eigenvalue weighted by atomic mass is 10.2. The van der Waals surface area contributed by atoms with E-state index < -0.39 is 0 Å². The smallest absolute Gasteiger partial charge is 0.255 e. The van der Waals surface area contributed by atoms with Gasteiger partial charge in [-0.15, -0.1) is 0 Å². The number of rotatable bonds is 11. The van der Waals surface area contributed by atoms with Gasteiger partial charge >= 0.3 is 0 Å². The van der Waals surface area contributed by atoms with E-state index >= 15 is 0 Å². The van der Waals surface area contributed by atoms with Crippen LogP contribution in [0, 0.1) is 5.82 Å². The highest BCUT2D eigenvalue weighted by Gasteiger charge is 2.11. The molecule has 1 N–H and O–H groups in total. The molecule has 0 spiro atoms. The van der Waals surface area contributed by atoms with E-state index in [1.807, 2.05) is 19.1 Å². The lowest BCUT2D eigenvalue weighted by Crippen LogP contribution is -2.26. The zero-order valence-corrected chi connectivity index (χ0v) is 15.7. The molecule has 0 unspecified atom stereocenters. The molecule has 4 nitrogen and oxygen atoms in total. The summed E-state index contributed by atoms with van der Waals surface area (Å²) in [5, 5.41) is 2.88. The summed E-state index contributed by atoms with van der Waals surface area (Å²) in [6, 6.07) is 13.9. The first kappa shape index (κ1) is 20.3. The van der Waals surface area contributed by atoms with Gasteiger partial charge in [-0.25, -0.2) is 4.39 Å². The molecule has 2 rings (SSSR count). The molecule has 2 aromatic rings. The van der Waals surface area contributed by atoms with Crippen molar-refractivity contribution in [3.8, 4) is 5.75 Å². The van der Waals surface area contributed by atoms with E-state index in [-0.39, 0.29) is 11.7 Å². The van der Waals surface area contributed by atoms with Crippen LogP contribution in [-0.4, -0.2) is 38.0 Å². The average molecular weight is 377 g/mol. The molecule has 0 fully saturated rings. The number of amides is 1. The summed E-state index contributed by atoms with van der Waals surface area (Å²) in [6.07, 6.45) is 0. The molecular weight excluding hydrogens is 353 g/mol. The second-order valence-corrected chi connectivity index (χ2v) is 6.55. The fourth-order valence-corrected chi connectivity index (χ4v) is 3.11. The van der Waals surface area contributed by atoms with Crippen LogP contribution in [0.25, 0.3) is 0 Å². The van der Waals surface area contributed by atoms with Gasteiger partial charge in [0, 0.05) is 24.7 Å². The van der Waals surface area contributed by atoms with Crippen LogP contribution in [0.3, 0.4) is 0 Å². The Morgan fingerprint density at radius 2 is 1.88 bits per heavy atom. The van der Waals surface area contributed by atoms with Crippen LogP contribution >= 0.6 is 11.8 Å². The summed E-state index contributed by atoms with van der Waals surface area (Å²) in [5.41, 5.74) is 1.18. The number of ether oxygens (including phenoxy) is 2. The molecule has 0 radical (unpaired) electrons. The maximum Gasteiger partial charge on any atom is 0.255 e. The molecule has 0 aliphatic rings. The van der Waals surface area contributed by atoms with Gasteiger partial charge in [0.15, 0.2) is 0 Å². The predicted molar refractivity (Wildman–Crippen MR) is 103 cm³/mol. The monoisotopic (exact) mass is 377 g/mol. The Hall–Kier alpha value is -2.05. The maximum atomic E-state index is 13.5. The lowest BCUT2D eigenvalue weighted by molar-refractivity contribution is 0.0939. The third kappa shape index (κ3) is 6.69. The number of nitrogens with one attached hydrogen (secondary N) is 1. The van der Waals surface area contributed by atoms with Crippen molar-refractivity contribution in [3.63, 3.8) is 0 Å². The van der Waals surface area contributed by atoms with E-state index in [9.17, 15) is 9.18 Å². The van der Waals surface area contributed by atoms with E-state index in [0.29, 0.717) is 54.7 Å². The minimum absolute atomic E-state index is 0.177. The highest BCUT2D eigenvalue weighted by Crippen LogP contribution is 2.18. The molecule has 0 aliphatic carbocycles. The van der Waals surface area contributed by atoms with Gasteiger partial charge < -0.3 is 14.8 Å². The summed E-state index contributed by atoms with van der Waals surface area (Å²) in [7, 11) is 0. The molecule has 0 bridgehead atoms. The summed E-state index contributed by atoms with van der Waals surface area (Å²) in [4.78, 5) is 12.4. The first-order chi connectivity index (χ1) is 12.7. The zero-order chi connectivity index (χ0) is 18.6. The maximum absolute atomic E-state index is 13.5. The second kappa shape index (κ2) is 11.5. The predicted octanol–water partition coefficient (Wildman–Crippen LogP) is 3.90. The highest BCUT2D eigenvalue weighted by atomic mass is 32.2. The molecule has 26 heavy (non-hydrogen) atoms. The molecule has 140 valence electrons. The number of benzene rings is 2. The molecule has 0 heterocycles. The number of thioether (sulfide) groups is 1. The third-order valence-electron chi connectivity index (χ3n) is 3.57. The molecule has 1 amide bonds. The number of carbonyl (C=O) groups is 1. The molecular formula is C20H24FNO3S. The first-order valence-electron chi connectivity index (χ1n) is 8.61. The van der Waals surface area contributed by atoms with E-state index in [4.69, 9.17) is 9.47 Å². The number of carbonyl (C=O) groups excluding carboxylic acids is 1. The second-order valence-electron chi connectivity index (χ2n) is 5.44. The van der Waals surface area contributed by atoms with E-state index in [1.165, 1.54) is 6.07 Å². The fourth-order valence-electron chi connectivity index (χ4n) is 2.26. The number of halogens is 1. The van der Waals surface area contributed by atoms with Crippen LogP contribution in [0.4, 0.5) is 4.39 Å². The molecule has 0 aliphatic heterocycles. The van der Waals surface area contributed by atoms with Crippen molar-refractivity contribution in [2.75, 3.05) is 32.1 Å². The Kier molecular flexibility index (Phi) is 9.00. The average Bonchev–Trinajstić information content (AvgIpc) is 2.66. The lowest BCUT2D eigenvalue weighted by Gasteiger charge is -2.11. The van der Waals surface area contributed by atoms with Crippen LogP contribution in [0.15, 0.2) is 48.5 Å². The number of hydrogen-bond acceptors (Lipinski definition) is 4. The largest absolute Gasteiger partial charge is 0.490 e. The summed E-state index contributed by atoms with van der Waals surface area (Å²) < 4.78 is 24.4. The van der Waals surface area contributed by atoms with Crippen molar-refractivity contribution in [1.29, 1.82) is 0 Å². The van der Waals surface area contributed by atoms with Gasteiger partial charge in [-0.3, -0.25) is 4.79 Å². The number of hydrogen-bond donors (Lipinski definition) is 1. The minimum atomic E-state index is -0.192.